The second-order valence-corrected chi connectivity index (χ2v) is 7.55. The molecule has 0 bridgehead atoms. The fourth-order valence-corrected chi connectivity index (χ4v) is 3.97. The van der Waals surface area contributed by atoms with Crippen molar-refractivity contribution in [2.24, 2.45) is 0 Å². The smallest absolute Gasteiger partial charge is 0.0637 e. The lowest BCUT2D eigenvalue weighted by atomic mass is 9.90. The molecule has 1 atom stereocenters. The number of halogens is 3. The first kappa shape index (κ1) is 17.9. The topological polar surface area (TPSA) is 24.1 Å². The van der Waals surface area contributed by atoms with E-state index in [0.717, 1.165) is 29.4 Å². The molecule has 0 aromatic heterocycles. The summed E-state index contributed by atoms with van der Waals surface area (Å²) in [7, 11) is 0. The van der Waals surface area contributed by atoms with E-state index in [4.69, 9.17) is 34.8 Å². The Balaban J connectivity index is 1.80. The summed E-state index contributed by atoms with van der Waals surface area (Å²) >= 11 is 18.7. The van der Waals surface area contributed by atoms with E-state index in [1.54, 1.807) is 6.07 Å². The first-order valence-corrected chi connectivity index (χ1v) is 9.39. The lowest BCUT2D eigenvalue weighted by Crippen LogP contribution is -2.26. The lowest BCUT2D eigenvalue weighted by Gasteiger charge is -2.24. The van der Waals surface area contributed by atoms with E-state index in [9.17, 15) is 0 Å². The van der Waals surface area contributed by atoms with Crippen molar-refractivity contribution in [1.82, 2.24) is 5.32 Å². The Morgan fingerprint density at radius 3 is 2.46 bits per heavy atom. The van der Waals surface area contributed by atoms with Crippen LogP contribution in [0.2, 0.25) is 15.1 Å². The van der Waals surface area contributed by atoms with Crippen molar-refractivity contribution in [2.45, 2.75) is 31.7 Å². The summed E-state index contributed by atoms with van der Waals surface area (Å²) < 4.78 is 0. The minimum atomic E-state index is 0.0375. The van der Waals surface area contributed by atoms with Crippen LogP contribution < -0.4 is 10.6 Å². The maximum Gasteiger partial charge on any atom is 0.0637 e. The van der Waals surface area contributed by atoms with Crippen molar-refractivity contribution in [2.75, 3.05) is 18.4 Å². The first-order chi connectivity index (χ1) is 11.5. The van der Waals surface area contributed by atoms with Crippen molar-refractivity contribution >= 4 is 40.5 Å². The van der Waals surface area contributed by atoms with Crippen molar-refractivity contribution in [3.63, 3.8) is 0 Å². The van der Waals surface area contributed by atoms with Crippen LogP contribution in [0.25, 0.3) is 0 Å². The summed E-state index contributed by atoms with van der Waals surface area (Å²) in [4.78, 5) is 0. The Kier molecular flexibility index (Phi) is 5.93. The summed E-state index contributed by atoms with van der Waals surface area (Å²) in [6.07, 6.45) is 2.33. The fourth-order valence-electron chi connectivity index (χ4n) is 3.23. The van der Waals surface area contributed by atoms with Crippen molar-refractivity contribution in [3.8, 4) is 0 Å². The van der Waals surface area contributed by atoms with Gasteiger partial charge in [0.05, 0.1) is 16.8 Å². The molecule has 2 N–H and O–H groups in total. The highest BCUT2D eigenvalue weighted by molar-refractivity contribution is 6.35. The van der Waals surface area contributed by atoms with Gasteiger partial charge in [0.25, 0.3) is 0 Å². The minimum absolute atomic E-state index is 0.0375. The molecule has 128 valence electrons. The van der Waals surface area contributed by atoms with Gasteiger partial charge >= 0.3 is 0 Å². The van der Waals surface area contributed by atoms with Crippen molar-refractivity contribution in [1.29, 1.82) is 0 Å². The van der Waals surface area contributed by atoms with E-state index in [-0.39, 0.29) is 6.04 Å². The standard InChI is InChI=1S/C19H21Cl3N2/c1-12(16-4-3-15(20)11-18(16)22)24-19-10-14(2-5-17(19)21)13-6-8-23-9-7-13/h2-5,10-13,23-24H,6-9H2,1H3/t12-/m1/s1. The largest absolute Gasteiger partial charge is 0.377 e. The van der Waals surface area contributed by atoms with Crippen LogP contribution in [0, 0.1) is 0 Å². The van der Waals surface area contributed by atoms with Gasteiger partial charge in [0.1, 0.15) is 0 Å². The quantitative estimate of drug-likeness (QED) is 0.648. The molecule has 1 aliphatic heterocycles. The van der Waals surface area contributed by atoms with Gasteiger partial charge in [0.15, 0.2) is 0 Å². The van der Waals surface area contributed by atoms with Gasteiger partial charge in [-0.05, 0) is 74.2 Å². The van der Waals surface area contributed by atoms with E-state index < -0.39 is 0 Å². The average Bonchev–Trinajstić information content (AvgIpc) is 2.57. The Morgan fingerprint density at radius 2 is 1.75 bits per heavy atom. The molecule has 0 aliphatic carbocycles. The third-order valence-electron chi connectivity index (χ3n) is 4.60. The molecule has 0 radical (unpaired) electrons. The highest BCUT2D eigenvalue weighted by Gasteiger charge is 2.17. The lowest BCUT2D eigenvalue weighted by molar-refractivity contribution is 0.460. The van der Waals surface area contributed by atoms with Crippen LogP contribution >= 0.6 is 34.8 Å². The van der Waals surface area contributed by atoms with Crippen LogP contribution in [0.5, 0.6) is 0 Å². The molecule has 2 aromatic rings. The second-order valence-electron chi connectivity index (χ2n) is 6.30. The van der Waals surface area contributed by atoms with E-state index in [1.165, 1.54) is 18.4 Å². The molecule has 1 saturated heterocycles. The van der Waals surface area contributed by atoms with Gasteiger partial charge in [-0.3, -0.25) is 0 Å². The Labute approximate surface area is 158 Å². The molecule has 24 heavy (non-hydrogen) atoms. The van der Waals surface area contributed by atoms with Gasteiger partial charge in [-0.15, -0.1) is 0 Å². The summed E-state index contributed by atoms with van der Waals surface area (Å²) in [6.45, 7) is 4.22. The maximum atomic E-state index is 6.40. The van der Waals surface area contributed by atoms with E-state index in [0.29, 0.717) is 16.0 Å². The van der Waals surface area contributed by atoms with Gasteiger partial charge in [0.2, 0.25) is 0 Å². The highest BCUT2D eigenvalue weighted by Crippen LogP contribution is 2.34. The van der Waals surface area contributed by atoms with Crippen LogP contribution in [-0.2, 0) is 0 Å². The van der Waals surface area contributed by atoms with Gasteiger partial charge in [0, 0.05) is 10.0 Å². The van der Waals surface area contributed by atoms with Crippen LogP contribution in [0.1, 0.15) is 42.9 Å². The van der Waals surface area contributed by atoms with E-state index in [2.05, 4.69) is 29.7 Å². The zero-order chi connectivity index (χ0) is 17.1. The first-order valence-electron chi connectivity index (χ1n) is 8.26. The SMILES string of the molecule is C[C@@H](Nc1cc(C2CCNCC2)ccc1Cl)c1ccc(Cl)cc1Cl. The van der Waals surface area contributed by atoms with Crippen LogP contribution in [0.3, 0.4) is 0 Å². The summed E-state index contributed by atoms with van der Waals surface area (Å²) in [5.41, 5.74) is 3.30. The monoisotopic (exact) mass is 382 g/mol. The molecular weight excluding hydrogens is 363 g/mol. The summed E-state index contributed by atoms with van der Waals surface area (Å²) in [6, 6.07) is 11.9. The third kappa shape index (κ3) is 4.18. The Hall–Kier alpha value is -0.930. The molecule has 5 heteroatoms. The number of piperidine rings is 1. The van der Waals surface area contributed by atoms with Gasteiger partial charge in [-0.25, -0.2) is 0 Å². The number of hydrogen-bond acceptors (Lipinski definition) is 2. The highest BCUT2D eigenvalue weighted by atomic mass is 35.5. The Morgan fingerprint density at radius 1 is 1.00 bits per heavy atom. The van der Waals surface area contributed by atoms with Crippen LogP contribution in [-0.4, -0.2) is 13.1 Å². The molecule has 1 aliphatic rings. The second kappa shape index (κ2) is 7.97. The van der Waals surface area contributed by atoms with Crippen LogP contribution in [0.4, 0.5) is 5.69 Å². The normalized spacial score (nSPS) is 16.8. The summed E-state index contributed by atoms with van der Waals surface area (Å²) in [5, 5.41) is 8.93. The van der Waals surface area contributed by atoms with Gasteiger partial charge in [-0.2, -0.15) is 0 Å². The van der Waals surface area contributed by atoms with E-state index in [1.807, 2.05) is 18.2 Å². The molecular formula is C19H21Cl3N2. The number of benzene rings is 2. The Bertz CT molecular complexity index is 712. The molecule has 2 aromatic carbocycles. The van der Waals surface area contributed by atoms with Gasteiger partial charge in [-0.1, -0.05) is 46.9 Å². The zero-order valence-corrected chi connectivity index (χ0v) is 15.8. The van der Waals surface area contributed by atoms with E-state index >= 15 is 0 Å². The average molecular weight is 384 g/mol. The summed E-state index contributed by atoms with van der Waals surface area (Å²) in [5.74, 6) is 0.596. The van der Waals surface area contributed by atoms with Gasteiger partial charge < -0.3 is 10.6 Å². The van der Waals surface area contributed by atoms with Crippen molar-refractivity contribution < 1.29 is 0 Å². The predicted molar refractivity (Wildman–Crippen MR) is 105 cm³/mol. The molecule has 3 rings (SSSR count). The number of nitrogens with one attached hydrogen (secondary N) is 2. The maximum absolute atomic E-state index is 6.40. The fraction of sp³-hybridized carbons (Fsp3) is 0.368. The van der Waals surface area contributed by atoms with Crippen molar-refractivity contribution in [3.05, 3.63) is 62.6 Å². The number of anilines is 1. The molecule has 0 saturated carbocycles. The zero-order valence-electron chi connectivity index (χ0n) is 13.6. The molecule has 0 amide bonds. The molecule has 1 fully saturated rings. The molecule has 0 spiro atoms. The molecule has 0 unspecified atom stereocenters. The molecule has 1 heterocycles. The number of rotatable bonds is 4. The predicted octanol–water partition coefficient (Wildman–Crippen LogP) is 6.29. The number of hydrogen-bond donors (Lipinski definition) is 2. The van der Waals surface area contributed by atoms with Crippen LogP contribution in [0.15, 0.2) is 36.4 Å². The minimum Gasteiger partial charge on any atom is -0.377 e. The molecule has 2 nitrogen and oxygen atoms in total. The third-order valence-corrected chi connectivity index (χ3v) is 5.49.